The summed E-state index contributed by atoms with van der Waals surface area (Å²) in [7, 11) is 0. The molecule has 1 N–H and O–H groups in total. The van der Waals surface area contributed by atoms with E-state index in [2.05, 4.69) is 28.3 Å². The smallest absolute Gasteiger partial charge is 0.276 e. The molecule has 0 radical (unpaired) electrons. The molecule has 1 aromatic heterocycles. The Bertz CT molecular complexity index is 1030. The minimum Gasteiger partial charge on any atom is -0.320 e. The average molecular weight is 382 g/mol. The lowest BCUT2D eigenvalue weighted by Gasteiger charge is -2.29. The molecule has 2 aromatic carbocycles. The maximum Gasteiger partial charge on any atom is 0.276 e. The predicted octanol–water partition coefficient (Wildman–Crippen LogP) is 3.78. The van der Waals surface area contributed by atoms with E-state index >= 15 is 0 Å². The Kier molecular flexibility index (Phi) is 4.92. The molecule has 1 aliphatic heterocycles. The van der Waals surface area contributed by atoms with Gasteiger partial charge in [0, 0.05) is 31.0 Å². The standard InChI is InChI=1S/C21H20F2N4O/c1-2-26-10-8-16-14(13-26)4-3-5-18(16)24-21(28)19-9-11-27(25-19)20-7-6-15(22)12-17(20)23/h3-7,9,11-12H,2,8,10,13H2,1H3,(H,24,28). The molecule has 7 heteroatoms. The van der Waals surface area contributed by atoms with Gasteiger partial charge in [-0.15, -0.1) is 0 Å². The molecule has 0 bridgehead atoms. The van der Waals surface area contributed by atoms with E-state index in [1.54, 1.807) is 0 Å². The van der Waals surface area contributed by atoms with Gasteiger partial charge in [0.05, 0.1) is 0 Å². The van der Waals surface area contributed by atoms with Gasteiger partial charge in [0.25, 0.3) is 5.91 Å². The first kappa shape index (κ1) is 18.3. The molecule has 0 saturated carbocycles. The molecule has 4 rings (SSSR count). The van der Waals surface area contributed by atoms with Crippen molar-refractivity contribution in [3.8, 4) is 5.69 Å². The highest BCUT2D eigenvalue weighted by molar-refractivity contribution is 6.03. The third-order valence-electron chi connectivity index (χ3n) is 5.02. The number of carbonyl (C=O) groups excluding carboxylic acids is 1. The van der Waals surface area contributed by atoms with Gasteiger partial charge in [0.1, 0.15) is 11.5 Å². The summed E-state index contributed by atoms with van der Waals surface area (Å²) >= 11 is 0. The zero-order chi connectivity index (χ0) is 19.7. The molecule has 0 unspecified atom stereocenters. The topological polar surface area (TPSA) is 50.2 Å². The highest BCUT2D eigenvalue weighted by Crippen LogP contribution is 2.26. The molecule has 144 valence electrons. The summed E-state index contributed by atoms with van der Waals surface area (Å²) in [5, 5.41) is 7.06. The van der Waals surface area contributed by atoms with Crippen molar-refractivity contribution in [3.63, 3.8) is 0 Å². The number of hydrogen-bond donors (Lipinski definition) is 1. The fourth-order valence-corrected chi connectivity index (χ4v) is 3.49. The van der Waals surface area contributed by atoms with Gasteiger partial charge in [-0.2, -0.15) is 5.10 Å². The summed E-state index contributed by atoms with van der Waals surface area (Å²) in [5.74, 6) is -1.78. The van der Waals surface area contributed by atoms with Crippen molar-refractivity contribution >= 4 is 11.6 Å². The van der Waals surface area contributed by atoms with Gasteiger partial charge in [-0.3, -0.25) is 9.69 Å². The molecule has 0 spiro atoms. The maximum absolute atomic E-state index is 13.9. The van der Waals surface area contributed by atoms with Crippen LogP contribution in [0, 0.1) is 11.6 Å². The third-order valence-corrected chi connectivity index (χ3v) is 5.02. The second-order valence-corrected chi connectivity index (χ2v) is 6.76. The van der Waals surface area contributed by atoms with Crippen LogP contribution >= 0.6 is 0 Å². The normalized spacial score (nSPS) is 14.0. The van der Waals surface area contributed by atoms with E-state index in [1.165, 1.54) is 28.6 Å². The van der Waals surface area contributed by atoms with Gasteiger partial charge >= 0.3 is 0 Å². The Labute approximate surface area is 161 Å². The lowest BCUT2D eigenvalue weighted by Crippen LogP contribution is -2.31. The molecular weight excluding hydrogens is 362 g/mol. The first-order valence-corrected chi connectivity index (χ1v) is 9.20. The van der Waals surface area contributed by atoms with E-state index in [9.17, 15) is 13.6 Å². The number of aromatic nitrogens is 2. The number of amides is 1. The van der Waals surface area contributed by atoms with Crippen LogP contribution in [0.2, 0.25) is 0 Å². The Hall–Kier alpha value is -3.06. The van der Waals surface area contributed by atoms with Crippen molar-refractivity contribution in [2.75, 3.05) is 18.4 Å². The van der Waals surface area contributed by atoms with E-state index in [0.717, 1.165) is 49.4 Å². The highest BCUT2D eigenvalue weighted by Gasteiger charge is 2.20. The fourth-order valence-electron chi connectivity index (χ4n) is 3.49. The molecule has 2 heterocycles. The van der Waals surface area contributed by atoms with E-state index in [-0.39, 0.29) is 17.3 Å². The summed E-state index contributed by atoms with van der Waals surface area (Å²) in [6.07, 6.45) is 2.35. The lowest BCUT2D eigenvalue weighted by molar-refractivity contribution is 0.102. The molecule has 5 nitrogen and oxygen atoms in total. The molecule has 0 aliphatic carbocycles. The van der Waals surface area contributed by atoms with Gasteiger partial charge in [-0.25, -0.2) is 13.5 Å². The maximum atomic E-state index is 13.9. The summed E-state index contributed by atoms with van der Waals surface area (Å²) in [5.41, 5.74) is 3.37. The number of nitrogens with zero attached hydrogens (tertiary/aromatic N) is 3. The summed E-state index contributed by atoms with van der Waals surface area (Å²) in [6, 6.07) is 10.6. The van der Waals surface area contributed by atoms with Crippen molar-refractivity contribution in [1.82, 2.24) is 14.7 Å². The largest absolute Gasteiger partial charge is 0.320 e. The quantitative estimate of drug-likeness (QED) is 0.747. The molecule has 0 atom stereocenters. The van der Waals surface area contributed by atoms with Crippen LogP contribution in [0.4, 0.5) is 14.5 Å². The van der Waals surface area contributed by atoms with Crippen LogP contribution in [0.25, 0.3) is 5.69 Å². The lowest BCUT2D eigenvalue weighted by atomic mass is 9.97. The number of likely N-dealkylation sites (N-methyl/N-ethyl adjacent to an activating group) is 1. The van der Waals surface area contributed by atoms with Crippen LogP contribution in [0.3, 0.4) is 0 Å². The van der Waals surface area contributed by atoms with Crippen LogP contribution in [0.5, 0.6) is 0 Å². The zero-order valence-corrected chi connectivity index (χ0v) is 15.5. The van der Waals surface area contributed by atoms with Gasteiger partial charge in [-0.1, -0.05) is 19.1 Å². The number of hydrogen-bond acceptors (Lipinski definition) is 3. The minimum atomic E-state index is -0.743. The molecule has 28 heavy (non-hydrogen) atoms. The number of fused-ring (bicyclic) bond motifs is 1. The zero-order valence-electron chi connectivity index (χ0n) is 15.5. The SMILES string of the molecule is CCN1CCc2c(cccc2NC(=O)c2ccn(-c3ccc(F)cc3F)n2)C1. The number of halogens is 2. The second-order valence-electron chi connectivity index (χ2n) is 6.76. The molecule has 3 aromatic rings. The van der Waals surface area contributed by atoms with Crippen molar-refractivity contribution in [2.45, 2.75) is 19.9 Å². The van der Waals surface area contributed by atoms with E-state index < -0.39 is 11.6 Å². The van der Waals surface area contributed by atoms with E-state index in [0.29, 0.717) is 0 Å². The summed E-state index contributed by atoms with van der Waals surface area (Å²) in [6.45, 7) is 4.95. The van der Waals surface area contributed by atoms with Crippen molar-refractivity contribution in [3.05, 3.63) is 77.1 Å². The number of benzene rings is 2. The second kappa shape index (κ2) is 7.52. The van der Waals surface area contributed by atoms with Gasteiger partial charge in [0.2, 0.25) is 0 Å². The van der Waals surface area contributed by atoms with Gasteiger partial charge in [-0.05, 0) is 48.4 Å². The van der Waals surface area contributed by atoms with Gasteiger partial charge in [0.15, 0.2) is 11.5 Å². The first-order chi connectivity index (χ1) is 13.5. The Morgan fingerprint density at radius 1 is 1.21 bits per heavy atom. The Morgan fingerprint density at radius 2 is 2.07 bits per heavy atom. The first-order valence-electron chi connectivity index (χ1n) is 9.20. The molecule has 0 fully saturated rings. The average Bonchev–Trinajstić information content (AvgIpc) is 3.17. The van der Waals surface area contributed by atoms with Crippen molar-refractivity contribution in [2.24, 2.45) is 0 Å². The van der Waals surface area contributed by atoms with Crippen LogP contribution in [0.15, 0.2) is 48.7 Å². The number of carbonyl (C=O) groups is 1. The van der Waals surface area contributed by atoms with Gasteiger partial charge < -0.3 is 5.32 Å². The van der Waals surface area contributed by atoms with Crippen LogP contribution in [-0.4, -0.2) is 33.7 Å². The van der Waals surface area contributed by atoms with Crippen LogP contribution in [0.1, 0.15) is 28.5 Å². The number of nitrogens with one attached hydrogen (secondary N) is 1. The fraction of sp³-hybridized carbons (Fsp3) is 0.238. The molecule has 0 saturated heterocycles. The van der Waals surface area contributed by atoms with Crippen LogP contribution in [-0.2, 0) is 13.0 Å². The van der Waals surface area contributed by atoms with E-state index in [1.807, 2.05) is 12.1 Å². The molecule has 1 amide bonds. The number of anilines is 1. The van der Waals surface area contributed by atoms with Crippen LogP contribution < -0.4 is 5.32 Å². The minimum absolute atomic E-state index is 0.0807. The Balaban J connectivity index is 1.55. The molecular formula is C21H20F2N4O. The summed E-state index contributed by atoms with van der Waals surface area (Å²) in [4.78, 5) is 15.0. The van der Waals surface area contributed by atoms with E-state index in [4.69, 9.17) is 0 Å². The van der Waals surface area contributed by atoms with Crippen molar-refractivity contribution in [1.29, 1.82) is 0 Å². The third kappa shape index (κ3) is 3.53. The molecule has 1 aliphatic rings. The number of rotatable bonds is 4. The predicted molar refractivity (Wildman–Crippen MR) is 103 cm³/mol. The Morgan fingerprint density at radius 3 is 2.86 bits per heavy atom. The summed E-state index contributed by atoms with van der Waals surface area (Å²) < 4.78 is 28.2. The highest BCUT2D eigenvalue weighted by atomic mass is 19.1. The monoisotopic (exact) mass is 382 g/mol. The van der Waals surface area contributed by atoms with Crippen molar-refractivity contribution < 1.29 is 13.6 Å².